The van der Waals surface area contributed by atoms with Crippen molar-refractivity contribution in [1.82, 2.24) is 0 Å². The van der Waals surface area contributed by atoms with Gasteiger partial charge in [0.2, 0.25) is 0 Å². The molecular formula is C11H21NO6P. The molecule has 2 atom stereocenters. The summed E-state index contributed by atoms with van der Waals surface area (Å²) in [5, 5.41) is 0. The fourth-order valence-electron chi connectivity index (χ4n) is 1.28. The molecule has 0 aromatic carbocycles. The maximum Gasteiger partial charge on any atom is 0.333 e. The van der Waals surface area contributed by atoms with Crippen LogP contribution >= 0.6 is 7.82 Å². The smallest absolute Gasteiger partial charge is 0.333 e. The summed E-state index contributed by atoms with van der Waals surface area (Å²) in [6.45, 7) is 6.36. The Bertz CT molecular complexity index is 370. The van der Waals surface area contributed by atoms with E-state index in [1.165, 1.54) is 6.92 Å². The summed E-state index contributed by atoms with van der Waals surface area (Å²) in [5.41, 5.74) is 0.233. The largest absolute Gasteiger partial charge is 0.756 e. The third-order valence-electron chi connectivity index (χ3n) is 1.93. The number of carbonyl (C=O) groups excluding carboxylic acids is 1. The first-order valence-corrected chi connectivity index (χ1v) is 7.11. The molecule has 0 fully saturated rings. The fourth-order valence-corrected chi connectivity index (χ4v) is 1.81. The number of carbonyl (C=O) groups is 1. The predicted octanol–water partition coefficient (Wildman–Crippen LogP) is 0.210. The lowest BCUT2D eigenvalue weighted by Gasteiger charge is -2.31. The van der Waals surface area contributed by atoms with Gasteiger partial charge in [-0.15, -0.1) is 0 Å². The van der Waals surface area contributed by atoms with Crippen LogP contribution in [0, 0.1) is 6.61 Å². The van der Waals surface area contributed by atoms with E-state index in [4.69, 9.17) is 9.63 Å². The molecule has 0 rings (SSSR count). The van der Waals surface area contributed by atoms with Gasteiger partial charge >= 0.3 is 5.97 Å². The lowest BCUT2D eigenvalue weighted by atomic mass is 10.2. The minimum absolute atomic E-state index is 0.0430. The quantitative estimate of drug-likeness (QED) is 0.297. The highest BCUT2D eigenvalue weighted by molar-refractivity contribution is 7.44. The van der Waals surface area contributed by atoms with E-state index in [0.717, 1.165) is 6.61 Å². The van der Waals surface area contributed by atoms with Crippen LogP contribution < -0.4 is 4.89 Å². The highest BCUT2D eigenvalue weighted by Gasteiger charge is 2.23. The summed E-state index contributed by atoms with van der Waals surface area (Å²) in [6.07, 6.45) is -0.771. The number of hydrogen-bond donors (Lipinski definition) is 1. The molecule has 0 aliphatic rings. The number of phosphoric ester groups is 1. The normalized spacial score (nSPS) is 16.5. The Labute approximate surface area is 113 Å². The number of esters is 1. The number of phosphoric acid groups is 1. The molecule has 7 nitrogen and oxygen atoms in total. The van der Waals surface area contributed by atoms with Crippen molar-refractivity contribution in [2.45, 2.75) is 19.4 Å². The van der Waals surface area contributed by atoms with E-state index < -0.39 is 19.9 Å². The average Bonchev–Trinajstić information content (AvgIpc) is 2.11. The molecule has 19 heavy (non-hydrogen) atoms. The van der Waals surface area contributed by atoms with E-state index >= 15 is 0 Å². The molecule has 111 valence electrons. The van der Waals surface area contributed by atoms with Crippen molar-refractivity contribution < 1.29 is 32.9 Å². The molecule has 0 aliphatic carbocycles. The van der Waals surface area contributed by atoms with Gasteiger partial charge in [-0.25, -0.2) is 4.79 Å². The van der Waals surface area contributed by atoms with Gasteiger partial charge in [-0.3, -0.25) is 4.57 Å². The standard InChI is InChI=1S/C11H21NO6P/c1-9(2)11(13)17-7-6-10(8-12(3,4)5)18-19(14,15)16/h7,10H,1,6,8H2,2-5H3,(H-,14,15,16). The van der Waals surface area contributed by atoms with Crippen LogP contribution in [0.15, 0.2) is 12.2 Å². The summed E-state index contributed by atoms with van der Waals surface area (Å²) in [4.78, 5) is 30.6. The second-order valence-corrected chi connectivity index (χ2v) is 6.40. The number of ether oxygens (including phenoxy) is 1. The lowest BCUT2D eigenvalue weighted by Crippen LogP contribution is -2.42. The molecule has 1 N–H and O–H groups in total. The molecule has 0 amide bonds. The SMILES string of the molecule is C=C(C)C(=O)O[CH]CC(C[N+](C)(C)C)OP(=O)([O-])O. The first-order chi connectivity index (χ1) is 8.41. The molecule has 2 unspecified atom stereocenters. The van der Waals surface area contributed by atoms with Crippen LogP contribution in [-0.4, -0.2) is 49.1 Å². The molecule has 1 radical (unpaired) electrons. The highest BCUT2D eigenvalue weighted by atomic mass is 31.2. The van der Waals surface area contributed by atoms with Crippen molar-refractivity contribution in [2.24, 2.45) is 0 Å². The fraction of sp³-hybridized carbons (Fsp3) is 0.636. The monoisotopic (exact) mass is 294 g/mol. The molecule has 0 saturated heterocycles. The third kappa shape index (κ3) is 10.9. The van der Waals surface area contributed by atoms with Crippen LogP contribution in [0.2, 0.25) is 0 Å². The van der Waals surface area contributed by atoms with Crippen LogP contribution in [-0.2, 0) is 18.6 Å². The summed E-state index contributed by atoms with van der Waals surface area (Å²) >= 11 is 0. The van der Waals surface area contributed by atoms with Crippen LogP contribution in [0.3, 0.4) is 0 Å². The van der Waals surface area contributed by atoms with Crippen LogP contribution in [0.1, 0.15) is 13.3 Å². The lowest BCUT2D eigenvalue weighted by molar-refractivity contribution is -0.873. The number of rotatable bonds is 8. The Hall–Kier alpha value is -0.720. The molecule has 0 aliphatic heterocycles. The molecule has 8 heteroatoms. The Kier molecular flexibility index (Phi) is 6.89. The maximum absolute atomic E-state index is 11.1. The van der Waals surface area contributed by atoms with Crippen molar-refractivity contribution in [3.8, 4) is 0 Å². The first-order valence-electron chi connectivity index (χ1n) is 5.61. The van der Waals surface area contributed by atoms with Crippen molar-refractivity contribution in [1.29, 1.82) is 0 Å². The van der Waals surface area contributed by atoms with Gasteiger partial charge in [0, 0.05) is 12.0 Å². The van der Waals surface area contributed by atoms with Gasteiger partial charge in [-0.2, -0.15) is 0 Å². The minimum atomic E-state index is -4.83. The van der Waals surface area contributed by atoms with Gasteiger partial charge in [-0.05, 0) is 6.92 Å². The zero-order valence-electron chi connectivity index (χ0n) is 11.7. The number of likely N-dealkylation sites (N-methyl/N-ethyl adjacent to an activating group) is 1. The maximum atomic E-state index is 11.1. The molecule has 0 aromatic rings. The summed E-state index contributed by atoms with van der Waals surface area (Å²) in [6, 6.07) is 0. The van der Waals surface area contributed by atoms with Crippen molar-refractivity contribution in [3.63, 3.8) is 0 Å². The average molecular weight is 294 g/mol. The van der Waals surface area contributed by atoms with E-state index in [9.17, 15) is 14.3 Å². The zero-order valence-corrected chi connectivity index (χ0v) is 12.6. The Morgan fingerprint density at radius 1 is 1.53 bits per heavy atom. The van der Waals surface area contributed by atoms with E-state index in [1.807, 2.05) is 21.1 Å². The molecular weight excluding hydrogens is 273 g/mol. The summed E-state index contributed by atoms with van der Waals surface area (Å²) < 4.78 is 20.5. The zero-order chi connectivity index (χ0) is 15.3. The number of hydrogen-bond acceptors (Lipinski definition) is 5. The van der Waals surface area contributed by atoms with E-state index in [-0.39, 0.29) is 12.0 Å². The van der Waals surface area contributed by atoms with Gasteiger partial charge in [0.1, 0.15) is 19.3 Å². The van der Waals surface area contributed by atoms with Gasteiger partial charge < -0.3 is 23.5 Å². The Morgan fingerprint density at radius 3 is 2.42 bits per heavy atom. The Morgan fingerprint density at radius 2 is 2.05 bits per heavy atom. The first kappa shape index (κ1) is 18.3. The molecule has 0 saturated carbocycles. The number of quaternary nitrogens is 1. The van der Waals surface area contributed by atoms with Crippen LogP contribution in [0.4, 0.5) is 0 Å². The summed E-state index contributed by atoms with van der Waals surface area (Å²) in [5.74, 6) is -0.599. The van der Waals surface area contributed by atoms with E-state index in [2.05, 4.69) is 11.1 Å². The second-order valence-electron chi connectivity index (χ2n) is 5.26. The van der Waals surface area contributed by atoms with Gasteiger partial charge in [-0.1, -0.05) is 6.58 Å². The van der Waals surface area contributed by atoms with Gasteiger partial charge in [0.25, 0.3) is 7.82 Å². The molecule has 0 spiro atoms. The van der Waals surface area contributed by atoms with Crippen LogP contribution in [0.5, 0.6) is 0 Å². The molecule has 0 heterocycles. The van der Waals surface area contributed by atoms with E-state index in [1.54, 1.807) is 0 Å². The van der Waals surface area contributed by atoms with Crippen LogP contribution in [0.25, 0.3) is 0 Å². The van der Waals surface area contributed by atoms with Gasteiger partial charge in [0.15, 0.2) is 0 Å². The van der Waals surface area contributed by atoms with Crippen molar-refractivity contribution in [2.75, 3.05) is 27.7 Å². The van der Waals surface area contributed by atoms with Crippen molar-refractivity contribution in [3.05, 3.63) is 18.8 Å². The van der Waals surface area contributed by atoms with Gasteiger partial charge in [0.05, 0.1) is 21.1 Å². The molecule has 0 aromatic heterocycles. The minimum Gasteiger partial charge on any atom is -0.756 e. The number of nitrogens with zero attached hydrogens (tertiary/aromatic N) is 1. The Balaban J connectivity index is 4.39. The topological polar surface area (TPSA) is 95.9 Å². The summed E-state index contributed by atoms with van der Waals surface area (Å²) in [7, 11) is 0.681. The third-order valence-corrected chi connectivity index (χ3v) is 2.50. The molecule has 0 bridgehead atoms. The second kappa shape index (κ2) is 7.17. The predicted molar refractivity (Wildman–Crippen MR) is 67.4 cm³/mol. The van der Waals surface area contributed by atoms with Crippen molar-refractivity contribution >= 4 is 13.8 Å². The highest BCUT2D eigenvalue weighted by Crippen LogP contribution is 2.34. The van der Waals surface area contributed by atoms with E-state index in [0.29, 0.717) is 11.0 Å².